The highest BCUT2D eigenvalue weighted by molar-refractivity contribution is 7.92. The van der Waals surface area contributed by atoms with Gasteiger partial charge in [0.25, 0.3) is 0 Å². The van der Waals surface area contributed by atoms with Gasteiger partial charge in [0.2, 0.25) is 15.9 Å². The molecule has 0 bridgehead atoms. The summed E-state index contributed by atoms with van der Waals surface area (Å²) in [6.07, 6.45) is 4.08. The molecule has 1 saturated heterocycles. The normalized spacial score (nSPS) is 16.3. The third-order valence-corrected chi connectivity index (χ3v) is 7.19. The van der Waals surface area contributed by atoms with Gasteiger partial charge in [-0.2, -0.15) is 0 Å². The first-order valence-corrected chi connectivity index (χ1v) is 12.4. The summed E-state index contributed by atoms with van der Waals surface area (Å²) >= 11 is 0. The Morgan fingerprint density at radius 2 is 1.73 bits per heavy atom. The molecule has 0 aliphatic carbocycles. The fraction of sp³-hybridized carbons (Fsp3) is 0.458. The second-order valence-electron chi connectivity index (χ2n) is 8.48. The van der Waals surface area contributed by atoms with Crippen molar-refractivity contribution in [2.45, 2.75) is 46.1 Å². The molecule has 0 radical (unpaired) electrons. The zero-order valence-electron chi connectivity index (χ0n) is 18.3. The van der Waals surface area contributed by atoms with E-state index in [2.05, 4.69) is 24.3 Å². The molecule has 30 heavy (non-hydrogen) atoms. The van der Waals surface area contributed by atoms with Crippen LogP contribution < -0.4 is 4.31 Å². The van der Waals surface area contributed by atoms with Crippen LogP contribution in [0.2, 0.25) is 0 Å². The third kappa shape index (κ3) is 5.22. The lowest BCUT2D eigenvalue weighted by molar-refractivity contribution is -0.133. The largest absolute Gasteiger partial charge is 0.341 e. The third-order valence-electron chi connectivity index (χ3n) is 5.96. The van der Waals surface area contributed by atoms with Crippen LogP contribution in [-0.4, -0.2) is 44.6 Å². The lowest BCUT2D eigenvalue weighted by Crippen LogP contribution is -2.51. The van der Waals surface area contributed by atoms with Crippen molar-refractivity contribution in [3.05, 3.63) is 65.2 Å². The highest BCUT2D eigenvalue weighted by Gasteiger charge is 2.34. The number of amides is 1. The van der Waals surface area contributed by atoms with Crippen molar-refractivity contribution in [1.82, 2.24) is 4.90 Å². The van der Waals surface area contributed by atoms with Gasteiger partial charge in [0.05, 0.1) is 11.9 Å². The Labute approximate surface area is 180 Å². The van der Waals surface area contributed by atoms with Crippen LogP contribution in [0.25, 0.3) is 0 Å². The highest BCUT2D eigenvalue weighted by atomic mass is 32.2. The Balaban J connectivity index is 1.71. The summed E-state index contributed by atoms with van der Waals surface area (Å²) < 4.78 is 26.6. The molecule has 3 rings (SSSR count). The summed E-state index contributed by atoms with van der Waals surface area (Å²) in [6, 6.07) is 15.3. The predicted molar refractivity (Wildman–Crippen MR) is 122 cm³/mol. The maximum Gasteiger partial charge on any atom is 0.246 e. The van der Waals surface area contributed by atoms with E-state index in [9.17, 15) is 13.2 Å². The minimum absolute atomic E-state index is 0.125. The van der Waals surface area contributed by atoms with Crippen LogP contribution in [0.15, 0.2) is 48.5 Å². The lowest BCUT2D eigenvalue weighted by Gasteiger charge is -2.37. The van der Waals surface area contributed by atoms with Gasteiger partial charge in [0.15, 0.2) is 0 Å². The van der Waals surface area contributed by atoms with Crippen LogP contribution in [0.5, 0.6) is 0 Å². The van der Waals surface area contributed by atoms with Crippen LogP contribution in [-0.2, 0) is 21.2 Å². The molecule has 0 N–H and O–H groups in total. The highest BCUT2D eigenvalue weighted by Crippen LogP contribution is 2.28. The molecule has 2 aromatic carbocycles. The SMILES string of the molecule is Cc1ccc(C)c(N([C@@H](C)C(=O)N2CCC(Cc3ccccc3)CC2)S(C)(=O)=O)c1. The Morgan fingerprint density at radius 3 is 2.33 bits per heavy atom. The van der Waals surface area contributed by atoms with Crippen molar-refractivity contribution >= 4 is 21.6 Å². The first kappa shape index (κ1) is 22.3. The van der Waals surface area contributed by atoms with Gasteiger partial charge >= 0.3 is 0 Å². The minimum atomic E-state index is -3.61. The summed E-state index contributed by atoms with van der Waals surface area (Å²) in [5.74, 6) is 0.427. The molecule has 0 unspecified atom stereocenters. The number of hydrogen-bond acceptors (Lipinski definition) is 3. The first-order chi connectivity index (χ1) is 14.2. The Morgan fingerprint density at radius 1 is 1.10 bits per heavy atom. The van der Waals surface area contributed by atoms with Gasteiger partial charge < -0.3 is 4.90 Å². The molecule has 2 aromatic rings. The second-order valence-corrected chi connectivity index (χ2v) is 10.3. The van der Waals surface area contributed by atoms with E-state index in [0.29, 0.717) is 24.7 Å². The molecule has 5 nitrogen and oxygen atoms in total. The molecule has 0 spiro atoms. The van der Waals surface area contributed by atoms with E-state index in [-0.39, 0.29) is 5.91 Å². The molecule has 1 aliphatic heterocycles. The van der Waals surface area contributed by atoms with Gasteiger partial charge in [-0.25, -0.2) is 8.42 Å². The summed E-state index contributed by atoms with van der Waals surface area (Å²) in [6.45, 7) is 6.84. The quantitative estimate of drug-likeness (QED) is 0.700. The van der Waals surface area contributed by atoms with E-state index in [0.717, 1.165) is 30.4 Å². The van der Waals surface area contributed by atoms with Gasteiger partial charge in [-0.3, -0.25) is 9.10 Å². The molecule has 0 saturated carbocycles. The van der Waals surface area contributed by atoms with Crippen LogP contribution in [0, 0.1) is 19.8 Å². The number of hydrogen-bond donors (Lipinski definition) is 0. The van der Waals surface area contributed by atoms with Gasteiger partial charge in [-0.05, 0) is 68.7 Å². The standard InChI is InChI=1S/C24H32N2O3S/c1-18-10-11-19(2)23(16-18)26(30(4,28)29)20(3)24(27)25-14-12-22(13-15-25)17-21-8-6-5-7-9-21/h5-11,16,20,22H,12-15,17H2,1-4H3/t20-/m0/s1. The van der Waals surface area contributed by atoms with Crippen LogP contribution in [0.1, 0.15) is 36.5 Å². The fourth-order valence-corrected chi connectivity index (χ4v) is 5.52. The molecular formula is C24H32N2O3S. The number of carbonyl (C=O) groups excluding carboxylic acids is 1. The van der Waals surface area contributed by atoms with Crippen LogP contribution in [0.3, 0.4) is 0 Å². The summed E-state index contributed by atoms with van der Waals surface area (Å²) in [4.78, 5) is 15.1. The van der Waals surface area contributed by atoms with Gasteiger partial charge in [0.1, 0.15) is 6.04 Å². The zero-order chi connectivity index (χ0) is 21.9. The van der Waals surface area contributed by atoms with Crippen molar-refractivity contribution in [1.29, 1.82) is 0 Å². The number of aryl methyl sites for hydroxylation is 2. The second kappa shape index (κ2) is 9.21. The molecule has 1 atom stereocenters. The number of rotatable bonds is 6. The minimum Gasteiger partial charge on any atom is -0.341 e. The Hall–Kier alpha value is -2.34. The monoisotopic (exact) mass is 428 g/mol. The topological polar surface area (TPSA) is 57.7 Å². The number of likely N-dealkylation sites (tertiary alicyclic amines) is 1. The maximum absolute atomic E-state index is 13.2. The lowest BCUT2D eigenvalue weighted by atomic mass is 9.90. The number of anilines is 1. The van der Waals surface area contributed by atoms with Crippen LogP contribution in [0.4, 0.5) is 5.69 Å². The predicted octanol–water partition coefficient (Wildman–Crippen LogP) is 3.94. The summed E-state index contributed by atoms with van der Waals surface area (Å²) in [5, 5.41) is 0. The molecule has 1 amide bonds. The number of nitrogens with zero attached hydrogens (tertiary/aromatic N) is 2. The number of sulfonamides is 1. The van der Waals surface area contributed by atoms with Crippen molar-refractivity contribution < 1.29 is 13.2 Å². The van der Waals surface area contributed by atoms with Crippen LogP contribution >= 0.6 is 0 Å². The van der Waals surface area contributed by atoms with Crippen molar-refractivity contribution in [2.75, 3.05) is 23.7 Å². The zero-order valence-corrected chi connectivity index (χ0v) is 19.2. The summed E-state index contributed by atoms with van der Waals surface area (Å²) in [5.41, 5.74) is 3.71. The average molecular weight is 429 g/mol. The molecule has 1 fully saturated rings. The van der Waals surface area contributed by atoms with E-state index < -0.39 is 16.1 Å². The molecule has 6 heteroatoms. The molecule has 0 aromatic heterocycles. The van der Waals surface area contributed by atoms with E-state index in [1.165, 1.54) is 16.1 Å². The molecule has 1 aliphatic rings. The number of piperidine rings is 1. The molecule has 162 valence electrons. The van der Waals surface area contributed by atoms with E-state index in [1.54, 1.807) is 6.92 Å². The van der Waals surface area contributed by atoms with Gasteiger partial charge in [-0.15, -0.1) is 0 Å². The van der Waals surface area contributed by atoms with Crippen molar-refractivity contribution in [2.24, 2.45) is 5.92 Å². The van der Waals surface area contributed by atoms with E-state index in [1.807, 2.05) is 43.0 Å². The summed E-state index contributed by atoms with van der Waals surface area (Å²) in [7, 11) is -3.61. The van der Waals surface area contributed by atoms with Gasteiger partial charge in [0, 0.05) is 13.1 Å². The number of carbonyl (C=O) groups is 1. The molecule has 1 heterocycles. The van der Waals surface area contributed by atoms with E-state index >= 15 is 0 Å². The van der Waals surface area contributed by atoms with Crippen molar-refractivity contribution in [3.8, 4) is 0 Å². The van der Waals surface area contributed by atoms with E-state index in [4.69, 9.17) is 0 Å². The fourth-order valence-electron chi connectivity index (χ4n) is 4.30. The molecular weight excluding hydrogens is 396 g/mol. The Kier molecular flexibility index (Phi) is 6.86. The van der Waals surface area contributed by atoms with Crippen molar-refractivity contribution in [3.63, 3.8) is 0 Å². The smallest absolute Gasteiger partial charge is 0.246 e. The average Bonchev–Trinajstić information content (AvgIpc) is 2.70. The Bertz CT molecular complexity index is 981. The van der Waals surface area contributed by atoms with Gasteiger partial charge in [-0.1, -0.05) is 42.5 Å². The first-order valence-electron chi connectivity index (χ1n) is 10.6. The maximum atomic E-state index is 13.2. The number of benzene rings is 2.